The SMILES string of the molecule is Cn1cnc(C(=O)N2CC(=O)Nc3ccccc3C2)c1. The van der Waals surface area contributed by atoms with Crippen molar-refractivity contribution in [2.75, 3.05) is 11.9 Å². The van der Waals surface area contributed by atoms with Crippen LogP contribution in [0.2, 0.25) is 0 Å². The van der Waals surface area contributed by atoms with Crippen molar-refractivity contribution in [3.8, 4) is 0 Å². The van der Waals surface area contributed by atoms with Crippen LogP contribution < -0.4 is 5.32 Å². The largest absolute Gasteiger partial charge is 0.340 e. The third kappa shape index (κ3) is 2.27. The molecule has 2 heterocycles. The standard InChI is InChI=1S/C14H14N4O2/c1-17-7-12(15-9-17)14(20)18-6-10-4-2-3-5-11(10)16-13(19)8-18/h2-5,7,9H,6,8H2,1H3,(H,16,19). The van der Waals surface area contributed by atoms with Crippen molar-refractivity contribution in [3.63, 3.8) is 0 Å². The Labute approximate surface area is 116 Å². The van der Waals surface area contributed by atoms with Crippen LogP contribution in [0.3, 0.4) is 0 Å². The van der Waals surface area contributed by atoms with Crippen LogP contribution in [0.15, 0.2) is 36.8 Å². The molecule has 0 aliphatic carbocycles. The third-order valence-electron chi connectivity index (χ3n) is 3.20. The lowest BCUT2D eigenvalue weighted by Gasteiger charge is -2.18. The molecule has 0 bridgehead atoms. The Bertz CT molecular complexity index is 677. The molecule has 0 unspecified atom stereocenters. The Balaban J connectivity index is 1.91. The number of hydrogen-bond acceptors (Lipinski definition) is 3. The van der Waals surface area contributed by atoms with Crippen LogP contribution in [0.5, 0.6) is 0 Å². The summed E-state index contributed by atoms with van der Waals surface area (Å²) in [6.07, 6.45) is 3.22. The van der Waals surface area contributed by atoms with Crippen molar-refractivity contribution in [3.05, 3.63) is 48.0 Å². The number of aromatic nitrogens is 2. The first-order chi connectivity index (χ1) is 9.63. The molecule has 0 saturated carbocycles. The number of fused-ring (bicyclic) bond motifs is 1. The van der Waals surface area contributed by atoms with Gasteiger partial charge in [-0.25, -0.2) is 4.98 Å². The average molecular weight is 270 g/mol. The zero-order valence-corrected chi connectivity index (χ0v) is 11.0. The summed E-state index contributed by atoms with van der Waals surface area (Å²) in [7, 11) is 1.80. The number of para-hydroxylation sites is 1. The van der Waals surface area contributed by atoms with Crippen molar-refractivity contribution >= 4 is 17.5 Å². The van der Waals surface area contributed by atoms with E-state index in [1.807, 2.05) is 24.3 Å². The molecule has 1 N–H and O–H groups in total. The first kappa shape index (κ1) is 12.4. The number of nitrogens with zero attached hydrogens (tertiary/aromatic N) is 3. The molecule has 0 fully saturated rings. The van der Waals surface area contributed by atoms with Crippen molar-refractivity contribution in [2.45, 2.75) is 6.54 Å². The number of benzene rings is 1. The number of anilines is 1. The molecule has 1 aromatic carbocycles. The lowest BCUT2D eigenvalue weighted by atomic mass is 10.1. The molecule has 3 rings (SSSR count). The molecular formula is C14H14N4O2. The Morgan fingerprint density at radius 1 is 1.30 bits per heavy atom. The van der Waals surface area contributed by atoms with E-state index in [0.717, 1.165) is 11.3 Å². The summed E-state index contributed by atoms with van der Waals surface area (Å²) in [5, 5.41) is 2.81. The van der Waals surface area contributed by atoms with E-state index >= 15 is 0 Å². The number of rotatable bonds is 1. The summed E-state index contributed by atoms with van der Waals surface area (Å²) in [4.78, 5) is 29.8. The van der Waals surface area contributed by atoms with E-state index in [2.05, 4.69) is 10.3 Å². The predicted octanol–water partition coefficient (Wildman–Crippen LogP) is 1.01. The maximum absolute atomic E-state index is 12.4. The average Bonchev–Trinajstić information content (AvgIpc) is 2.77. The number of hydrogen-bond donors (Lipinski definition) is 1. The van der Waals surface area contributed by atoms with Crippen molar-refractivity contribution in [1.29, 1.82) is 0 Å². The van der Waals surface area contributed by atoms with E-state index in [4.69, 9.17) is 0 Å². The monoisotopic (exact) mass is 270 g/mol. The highest BCUT2D eigenvalue weighted by Crippen LogP contribution is 2.21. The molecule has 1 aliphatic rings. The van der Waals surface area contributed by atoms with Gasteiger partial charge in [0.05, 0.1) is 6.33 Å². The molecule has 102 valence electrons. The Kier molecular flexibility index (Phi) is 2.98. The van der Waals surface area contributed by atoms with Crippen molar-refractivity contribution < 1.29 is 9.59 Å². The van der Waals surface area contributed by atoms with Gasteiger partial charge in [0, 0.05) is 25.5 Å². The van der Waals surface area contributed by atoms with Gasteiger partial charge in [-0.05, 0) is 11.6 Å². The van der Waals surface area contributed by atoms with Gasteiger partial charge in [-0.3, -0.25) is 9.59 Å². The summed E-state index contributed by atoms with van der Waals surface area (Å²) >= 11 is 0. The van der Waals surface area contributed by atoms with Crippen molar-refractivity contribution in [1.82, 2.24) is 14.5 Å². The summed E-state index contributed by atoms with van der Waals surface area (Å²) in [5.74, 6) is -0.434. The van der Waals surface area contributed by atoms with Gasteiger partial charge in [0.1, 0.15) is 12.2 Å². The molecule has 6 heteroatoms. The van der Waals surface area contributed by atoms with E-state index in [0.29, 0.717) is 12.2 Å². The smallest absolute Gasteiger partial charge is 0.274 e. The second kappa shape index (κ2) is 4.80. The van der Waals surface area contributed by atoms with Crippen LogP contribution in [0, 0.1) is 0 Å². The zero-order valence-electron chi connectivity index (χ0n) is 11.0. The molecule has 0 spiro atoms. The van der Waals surface area contributed by atoms with Crippen LogP contribution in [-0.2, 0) is 18.4 Å². The molecule has 0 atom stereocenters. The minimum absolute atomic E-state index is 0.0318. The molecule has 2 aromatic rings. The van der Waals surface area contributed by atoms with E-state index in [1.54, 1.807) is 24.1 Å². The Morgan fingerprint density at radius 3 is 2.85 bits per heavy atom. The fourth-order valence-corrected chi connectivity index (χ4v) is 2.23. The van der Waals surface area contributed by atoms with Gasteiger partial charge >= 0.3 is 0 Å². The predicted molar refractivity (Wildman–Crippen MR) is 73.0 cm³/mol. The second-order valence-corrected chi connectivity index (χ2v) is 4.79. The highest BCUT2D eigenvalue weighted by molar-refractivity contribution is 5.99. The zero-order chi connectivity index (χ0) is 14.1. The molecule has 2 amide bonds. The minimum Gasteiger partial charge on any atom is -0.340 e. The fourth-order valence-electron chi connectivity index (χ4n) is 2.23. The summed E-state index contributed by atoms with van der Waals surface area (Å²) in [6, 6.07) is 7.48. The lowest BCUT2D eigenvalue weighted by molar-refractivity contribution is -0.116. The molecule has 1 aromatic heterocycles. The summed E-state index contributed by atoms with van der Waals surface area (Å²) < 4.78 is 1.71. The molecular weight excluding hydrogens is 256 g/mol. The molecule has 0 radical (unpaired) electrons. The normalized spacial score (nSPS) is 14.4. The van der Waals surface area contributed by atoms with E-state index in [1.165, 1.54) is 4.90 Å². The van der Waals surface area contributed by atoms with Crippen molar-refractivity contribution in [2.24, 2.45) is 7.05 Å². The molecule has 1 aliphatic heterocycles. The number of nitrogens with one attached hydrogen (secondary N) is 1. The van der Waals surface area contributed by atoms with Gasteiger partial charge in [-0.1, -0.05) is 18.2 Å². The van der Waals surface area contributed by atoms with Gasteiger partial charge in [0.2, 0.25) is 5.91 Å². The fraction of sp³-hybridized carbons (Fsp3) is 0.214. The third-order valence-corrected chi connectivity index (χ3v) is 3.20. The Hall–Kier alpha value is -2.63. The maximum Gasteiger partial charge on any atom is 0.274 e. The van der Waals surface area contributed by atoms with Gasteiger partial charge in [-0.2, -0.15) is 0 Å². The quantitative estimate of drug-likeness (QED) is 0.841. The van der Waals surface area contributed by atoms with E-state index < -0.39 is 0 Å². The lowest BCUT2D eigenvalue weighted by Crippen LogP contribution is -2.35. The van der Waals surface area contributed by atoms with Crippen LogP contribution in [0.25, 0.3) is 0 Å². The van der Waals surface area contributed by atoms with Gasteiger partial charge in [0.15, 0.2) is 0 Å². The van der Waals surface area contributed by atoms with E-state index in [9.17, 15) is 9.59 Å². The number of carbonyl (C=O) groups excluding carboxylic acids is 2. The highest BCUT2D eigenvalue weighted by atomic mass is 16.2. The highest BCUT2D eigenvalue weighted by Gasteiger charge is 2.24. The van der Waals surface area contributed by atoms with Crippen LogP contribution in [0.1, 0.15) is 16.1 Å². The Morgan fingerprint density at radius 2 is 2.10 bits per heavy atom. The van der Waals surface area contributed by atoms with Crippen LogP contribution in [-0.4, -0.2) is 32.8 Å². The molecule has 6 nitrogen and oxygen atoms in total. The molecule has 0 saturated heterocycles. The first-order valence-electron chi connectivity index (χ1n) is 6.28. The van der Waals surface area contributed by atoms with Crippen LogP contribution in [0.4, 0.5) is 5.69 Å². The minimum atomic E-state index is -0.238. The van der Waals surface area contributed by atoms with Gasteiger partial charge in [0.25, 0.3) is 5.91 Å². The summed E-state index contributed by atoms with van der Waals surface area (Å²) in [6.45, 7) is 0.425. The topological polar surface area (TPSA) is 67.2 Å². The number of amides is 2. The van der Waals surface area contributed by atoms with Gasteiger partial charge < -0.3 is 14.8 Å². The number of aryl methyl sites for hydroxylation is 1. The van der Waals surface area contributed by atoms with E-state index in [-0.39, 0.29) is 18.4 Å². The van der Waals surface area contributed by atoms with Crippen LogP contribution >= 0.6 is 0 Å². The summed E-state index contributed by atoms with van der Waals surface area (Å²) in [5.41, 5.74) is 2.02. The maximum atomic E-state index is 12.4. The molecule has 20 heavy (non-hydrogen) atoms. The van der Waals surface area contributed by atoms with Gasteiger partial charge in [-0.15, -0.1) is 0 Å². The second-order valence-electron chi connectivity index (χ2n) is 4.79. The first-order valence-corrected chi connectivity index (χ1v) is 6.28. The number of carbonyl (C=O) groups is 2. The number of imidazole rings is 1.